The largest absolute Gasteiger partial charge is 0.380 e. The molecule has 0 unspecified atom stereocenters. The van der Waals surface area contributed by atoms with Gasteiger partial charge < -0.3 is 9.26 Å². The Bertz CT molecular complexity index is 919. The number of carbonyl (C=O) groups is 1. The number of ether oxygens (including phenoxy) is 1. The summed E-state index contributed by atoms with van der Waals surface area (Å²) in [5.41, 5.74) is 4.78. The SMILES string of the molecule is COCC1=C2C(=Nc3ccccc32)C(=O)N=C1c1cc(C)no1. The number of hydrogen-bond donors (Lipinski definition) is 0. The molecule has 3 heterocycles. The predicted octanol–water partition coefficient (Wildman–Crippen LogP) is 2.50. The van der Waals surface area contributed by atoms with Crippen molar-refractivity contribution in [2.75, 3.05) is 13.7 Å². The zero-order chi connectivity index (χ0) is 16.0. The molecular formula is C17H13N3O3. The first-order valence-electron chi connectivity index (χ1n) is 7.16. The van der Waals surface area contributed by atoms with Gasteiger partial charge in [0.05, 0.1) is 18.0 Å². The number of dihydropyridines is 1. The Kier molecular flexibility index (Phi) is 3.06. The molecule has 0 aliphatic carbocycles. The van der Waals surface area contributed by atoms with Crippen molar-refractivity contribution >= 4 is 28.6 Å². The van der Waals surface area contributed by atoms with Crippen molar-refractivity contribution in [3.63, 3.8) is 0 Å². The molecule has 6 nitrogen and oxygen atoms in total. The molecule has 0 saturated heterocycles. The molecule has 1 amide bonds. The fourth-order valence-corrected chi connectivity index (χ4v) is 2.85. The number of aryl methyl sites for hydroxylation is 1. The molecule has 6 heteroatoms. The van der Waals surface area contributed by atoms with E-state index >= 15 is 0 Å². The first kappa shape index (κ1) is 13.8. The zero-order valence-electron chi connectivity index (χ0n) is 12.7. The number of nitrogens with zero attached hydrogens (tertiary/aromatic N) is 3. The van der Waals surface area contributed by atoms with E-state index in [2.05, 4.69) is 15.1 Å². The van der Waals surface area contributed by atoms with Crippen molar-refractivity contribution < 1.29 is 14.1 Å². The first-order chi connectivity index (χ1) is 11.2. The van der Waals surface area contributed by atoms with E-state index in [9.17, 15) is 4.79 Å². The van der Waals surface area contributed by atoms with E-state index in [4.69, 9.17) is 9.26 Å². The van der Waals surface area contributed by atoms with Crippen molar-refractivity contribution in [3.8, 4) is 0 Å². The molecule has 0 saturated carbocycles. The summed E-state index contributed by atoms with van der Waals surface area (Å²) >= 11 is 0. The number of aromatic nitrogens is 1. The van der Waals surface area contributed by atoms with Crippen LogP contribution in [0.2, 0.25) is 0 Å². The van der Waals surface area contributed by atoms with Crippen molar-refractivity contribution in [1.82, 2.24) is 5.16 Å². The molecule has 0 atom stereocenters. The van der Waals surface area contributed by atoms with E-state index < -0.39 is 0 Å². The average molecular weight is 307 g/mol. The van der Waals surface area contributed by atoms with Crippen LogP contribution in [0.5, 0.6) is 0 Å². The van der Waals surface area contributed by atoms with Gasteiger partial charge in [0.25, 0.3) is 5.91 Å². The maximum absolute atomic E-state index is 12.4. The summed E-state index contributed by atoms with van der Waals surface area (Å²) in [6.07, 6.45) is 0. The van der Waals surface area contributed by atoms with E-state index in [1.54, 1.807) is 13.2 Å². The van der Waals surface area contributed by atoms with Gasteiger partial charge in [0.15, 0.2) is 5.76 Å². The molecule has 2 aliphatic rings. The van der Waals surface area contributed by atoms with Gasteiger partial charge in [-0.2, -0.15) is 0 Å². The summed E-state index contributed by atoms with van der Waals surface area (Å²) in [5.74, 6) is 0.0823. The highest BCUT2D eigenvalue weighted by molar-refractivity contribution is 6.62. The van der Waals surface area contributed by atoms with E-state index in [1.165, 1.54) is 0 Å². The maximum atomic E-state index is 12.4. The molecule has 0 N–H and O–H groups in total. The minimum absolute atomic E-state index is 0.300. The number of rotatable bonds is 3. The lowest BCUT2D eigenvalue weighted by molar-refractivity contribution is -0.111. The summed E-state index contributed by atoms with van der Waals surface area (Å²) in [6.45, 7) is 2.12. The molecule has 114 valence electrons. The van der Waals surface area contributed by atoms with Crippen LogP contribution in [-0.2, 0) is 9.53 Å². The van der Waals surface area contributed by atoms with Crippen molar-refractivity contribution in [2.24, 2.45) is 9.98 Å². The normalized spacial score (nSPS) is 16.2. The van der Waals surface area contributed by atoms with Gasteiger partial charge in [0.1, 0.15) is 11.4 Å². The molecular weight excluding hydrogens is 294 g/mol. The molecule has 1 aromatic carbocycles. The van der Waals surface area contributed by atoms with Gasteiger partial charge in [-0.3, -0.25) is 4.79 Å². The fourth-order valence-electron chi connectivity index (χ4n) is 2.85. The minimum Gasteiger partial charge on any atom is -0.380 e. The molecule has 0 spiro atoms. The van der Waals surface area contributed by atoms with Crippen LogP contribution in [0.25, 0.3) is 5.57 Å². The molecule has 0 bridgehead atoms. The summed E-state index contributed by atoms with van der Waals surface area (Å²) in [6, 6.07) is 9.39. The van der Waals surface area contributed by atoms with E-state index in [0.717, 1.165) is 28.1 Å². The van der Waals surface area contributed by atoms with Gasteiger partial charge >= 0.3 is 0 Å². The van der Waals surface area contributed by atoms with Crippen LogP contribution in [0.15, 0.2) is 50.4 Å². The van der Waals surface area contributed by atoms with Gasteiger partial charge in [-0.25, -0.2) is 9.98 Å². The summed E-state index contributed by atoms with van der Waals surface area (Å²) in [7, 11) is 1.60. The second kappa shape index (κ2) is 5.10. The topological polar surface area (TPSA) is 77.0 Å². The number of methoxy groups -OCH3 is 1. The van der Waals surface area contributed by atoms with Gasteiger partial charge in [0, 0.05) is 29.9 Å². The average Bonchev–Trinajstić information content (AvgIpc) is 3.14. The van der Waals surface area contributed by atoms with Crippen LogP contribution >= 0.6 is 0 Å². The van der Waals surface area contributed by atoms with Crippen LogP contribution in [0.1, 0.15) is 17.0 Å². The zero-order valence-corrected chi connectivity index (χ0v) is 12.7. The fraction of sp³-hybridized carbons (Fsp3) is 0.176. The highest BCUT2D eigenvalue weighted by Crippen LogP contribution is 2.39. The molecule has 23 heavy (non-hydrogen) atoms. The van der Waals surface area contributed by atoms with Crippen molar-refractivity contribution in [3.05, 3.63) is 52.9 Å². The Balaban J connectivity index is 1.97. The van der Waals surface area contributed by atoms with Gasteiger partial charge in [-0.05, 0) is 13.0 Å². The number of aliphatic imine (C=N–C) groups is 2. The van der Waals surface area contributed by atoms with Crippen molar-refractivity contribution in [2.45, 2.75) is 6.92 Å². The lowest BCUT2D eigenvalue weighted by Gasteiger charge is -2.17. The molecule has 2 aromatic rings. The standard InChI is InChI=1S/C17H13N3O3/c1-9-7-13(23-20-9)15-11(8-22-2)14-10-5-3-4-6-12(10)18-16(14)17(21)19-15/h3-7H,8H2,1-2H3. The Hall–Kier alpha value is -2.86. The Morgan fingerprint density at radius 2 is 2.00 bits per heavy atom. The van der Waals surface area contributed by atoms with Crippen LogP contribution in [-0.4, -0.2) is 36.2 Å². The second-order valence-electron chi connectivity index (χ2n) is 5.36. The van der Waals surface area contributed by atoms with E-state index in [1.807, 2.05) is 31.2 Å². The van der Waals surface area contributed by atoms with E-state index in [-0.39, 0.29) is 5.91 Å². The van der Waals surface area contributed by atoms with Gasteiger partial charge in [0.2, 0.25) is 0 Å². The van der Waals surface area contributed by atoms with Crippen molar-refractivity contribution in [1.29, 1.82) is 0 Å². The number of para-hydroxylation sites is 1. The number of benzene rings is 1. The molecule has 0 fully saturated rings. The van der Waals surface area contributed by atoms with Gasteiger partial charge in [-0.1, -0.05) is 23.4 Å². The van der Waals surface area contributed by atoms with Gasteiger partial charge in [-0.15, -0.1) is 0 Å². The third-order valence-electron chi connectivity index (χ3n) is 3.80. The molecule has 4 rings (SSSR count). The number of carbonyl (C=O) groups excluding carboxylic acids is 1. The maximum Gasteiger partial charge on any atom is 0.296 e. The van der Waals surface area contributed by atoms with Crippen LogP contribution in [0.3, 0.4) is 0 Å². The highest BCUT2D eigenvalue weighted by Gasteiger charge is 2.35. The quantitative estimate of drug-likeness (QED) is 0.873. The Labute approximate surface area is 132 Å². The minimum atomic E-state index is -0.375. The first-order valence-corrected chi connectivity index (χ1v) is 7.16. The Morgan fingerprint density at radius 1 is 1.17 bits per heavy atom. The summed E-state index contributed by atoms with van der Waals surface area (Å²) < 4.78 is 10.6. The highest BCUT2D eigenvalue weighted by atomic mass is 16.5. The predicted molar refractivity (Wildman–Crippen MR) is 85.1 cm³/mol. The monoisotopic (exact) mass is 307 g/mol. The molecule has 1 aromatic heterocycles. The third kappa shape index (κ3) is 2.07. The summed E-state index contributed by atoms with van der Waals surface area (Å²) in [4.78, 5) is 21.0. The number of fused-ring (bicyclic) bond motifs is 3. The number of amides is 1. The second-order valence-corrected chi connectivity index (χ2v) is 5.36. The lowest BCUT2D eigenvalue weighted by Crippen LogP contribution is -2.25. The molecule has 2 aliphatic heterocycles. The molecule has 0 radical (unpaired) electrons. The van der Waals surface area contributed by atoms with Crippen LogP contribution < -0.4 is 0 Å². The third-order valence-corrected chi connectivity index (χ3v) is 3.80. The smallest absolute Gasteiger partial charge is 0.296 e. The number of hydrogen-bond acceptors (Lipinski definition) is 5. The lowest BCUT2D eigenvalue weighted by atomic mass is 9.91. The van der Waals surface area contributed by atoms with Crippen LogP contribution in [0, 0.1) is 6.92 Å². The van der Waals surface area contributed by atoms with Crippen LogP contribution in [0.4, 0.5) is 5.69 Å². The summed E-state index contributed by atoms with van der Waals surface area (Å²) in [5, 5.41) is 3.88. The Morgan fingerprint density at radius 3 is 2.74 bits per heavy atom. The van der Waals surface area contributed by atoms with E-state index in [0.29, 0.717) is 23.8 Å².